The van der Waals surface area contributed by atoms with E-state index in [1.807, 2.05) is 24.5 Å². The van der Waals surface area contributed by atoms with E-state index in [2.05, 4.69) is 56.8 Å². The lowest BCUT2D eigenvalue weighted by Crippen LogP contribution is -2.29. The van der Waals surface area contributed by atoms with E-state index in [1.54, 1.807) is 6.20 Å². The number of nitrogens with one attached hydrogen (secondary N) is 1. The van der Waals surface area contributed by atoms with Gasteiger partial charge in [0.2, 0.25) is 0 Å². The number of carbonyl (C=O) groups is 1. The third kappa shape index (κ3) is 7.84. The van der Waals surface area contributed by atoms with Crippen molar-refractivity contribution in [3.05, 3.63) is 65.9 Å². The summed E-state index contributed by atoms with van der Waals surface area (Å²) in [6, 6.07) is 8.12. The first-order valence-corrected chi connectivity index (χ1v) is 11.9. The van der Waals surface area contributed by atoms with E-state index in [1.165, 1.54) is 11.3 Å². The van der Waals surface area contributed by atoms with Gasteiger partial charge in [0, 0.05) is 55.8 Å². The molecule has 1 N–H and O–H groups in total. The molecule has 0 spiro atoms. The van der Waals surface area contributed by atoms with Crippen molar-refractivity contribution in [3.8, 4) is 0 Å². The monoisotopic (exact) mass is 435 g/mol. The Morgan fingerprint density at radius 2 is 1.78 bits per heavy atom. The normalized spacial score (nSPS) is 13.3. The molecule has 2 heterocycles. The summed E-state index contributed by atoms with van der Waals surface area (Å²) in [5, 5.41) is 0. The quantitative estimate of drug-likeness (QED) is 0.406. The molecule has 0 aliphatic carbocycles. The minimum absolute atomic E-state index is 0.239. The Labute approximate surface area is 192 Å². The smallest absolute Gasteiger partial charge is 0.162 e. The molecule has 0 fully saturated rings. The number of imidazole rings is 1. The molecule has 0 amide bonds. The van der Waals surface area contributed by atoms with Crippen molar-refractivity contribution < 1.29 is 4.79 Å². The van der Waals surface area contributed by atoms with Crippen molar-refractivity contribution >= 4 is 11.5 Å². The first-order valence-electron chi connectivity index (χ1n) is 11.9. The molecule has 1 aliphatic rings. The maximum Gasteiger partial charge on any atom is 0.162 e. The molecule has 0 unspecified atom stereocenters. The van der Waals surface area contributed by atoms with Crippen LogP contribution in [-0.2, 0) is 13.1 Å². The van der Waals surface area contributed by atoms with Crippen LogP contribution in [0.2, 0.25) is 0 Å². The number of nitrogens with zero attached hydrogens (tertiary/aromatic N) is 4. The zero-order valence-corrected chi connectivity index (χ0v) is 19.6. The average molecular weight is 436 g/mol. The second-order valence-electron chi connectivity index (χ2n) is 8.53. The van der Waals surface area contributed by atoms with E-state index < -0.39 is 0 Å². The van der Waals surface area contributed by atoms with Gasteiger partial charge in [-0.3, -0.25) is 14.7 Å². The number of benzene rings is 1. The molecule has 32 heavy (non-hydrogen) atoms. The largest absolute Gasteiger partial charge is 0.348 e. The van der Waals surface area contributed by atoms with Gasteiger partial charge in [0.1, 0.15) is 5.82 Å². The Bertz CT molecular complexity index is 864. The van der Waals surface area contributed by atoms with E-state index in [9.17, 15) is 4.79 Å². The summed E-state index contributed by atoms with van der Waals surface area (Å²) in [5.41, 5.74) is 3.17. The maximum absolute atomic E-state index is 12.7. The fourth-order valence-electron chi connectivity index (χ4n) is 4.16. The van der Waals surface area contributed by atoms with Crippen LogP contribution in [0.15, 0.2) is 53.9 Å². The van der Waals surface area contributed by atoms with Crippen molar-refractivity contribution in [3.63, 3.8) is 0 Å². The fraction of sp³-hybridized carbons (Fsp3) is 0.500. The molecule has 3 rings (SSSR count). The van der Waals surface area contributed by atoms with E-state index in [-0.39, 0.29) is 5.78 Å². The number of hydrogen-bond donors (Lipinski definition) is 1. The summed E-state index contributed by atoms with van der Waals surface area (Å²) < 4.78 is 0. The molecule has 6 nitrogen and oxygen atoms in total. The van der Waals surface area contributed by atoms with Gasteiger partial charge in [-0.25, -0.2) is 4.98 Å². The number of aromatic nitrogens is 2. The number of aliphatic imine (C=N–C) groups is 1. The molecule has 0 saturated carbocycles. The third-order valence-corrected chi connectivity index (χ3v) is 5.69. The van der Waals surface area contributed by atoms with Gasteiger partial charge in [-0.05, 0) is 44.5 Å². The molecular weight excluding hydrogens is 398 g/mol. The molecule has 0 saturated heterocycles. The van der Waals surface area contributed by atoms with Crippen LogP contribution in [0.4, 0.5) is 0 Å². The number of hydrogen-bond acceptors (Lipinski definition) is 5. The first-order chi connectivity index (χ1) is 15.7. The van der Waals surface area contributed by atoms with Crippen LogP contribution in [0.3, 0.4) is 0 Å². The second kappa shape index (κ2) is 13.1. The van der Waals surface area contributed by atoms with Crippen molar-refractivity contribution in [2.45, 2.75) is 59.0 Å². The van der Waals surface area contributed by atoms with E-state index in [0.29, 0.717) is 6.42 Å². The summed E-state index contributed by atoms with van der Waals surface area (Å²) in [7, 11) is 0. The average Bonchev–Trinajstić information content (AvgIpc) is 3.49. The SMILES string of the molecule is CCCN(CCC)CCCC(=O)c1ccc(CN(CC2=NC=CC2)Cc2ncc[nH]2)cc1. The Morgan fingerprint density at radius 1 is 1.00 bits per heavy atom. The van der Waals surface area contributed by atoms with Gasteiger partial charge in [0.05, 0.1) is 6.54 Å². The highest BCUT2D eigenvalue weighted by Gasteiger charge is 2.14. The van der Waals surface area contributed by atoms with Crippen LogP contribution in [-0.4, -0.2) is 57.4 Å². The number of rotatable bonds is 15. The lowest BCUT2D eigenvalue weighted by molar-refractivity contribution is 0.0974. The predicted molar refractivity (Wildman–Crippen MR) is 131 cm³/mol. The van der Waals surface area contributed by atoms with Gasteiger partial charge in [0.15, 0.2) is 5.78 Å². The van der Waals surface area contributed by atoms with E-state index >= 15 is 0 Å². The van der Waals surface area contributed by atoms with Crippen LogP contribution in [0.5, 0.6) is 0 Å². The Kier molecular flexibility index (Phi) is 9.85. The third-order valence-electron chi connectivity index (χ3n) is 5.69. The summed E-state index contributed by atoms with van der Waals surface area (Å²) in [6.45, 7) is 10.00. The minimum Gasteiger partial charge on any atom is -0.348 e. The van der Waals surface area contributed by atoms with E-state index in [4.69, 9.17) is 0 Å². The lowest BCUT2D eigenvalue weighted by atomic mass is 10.0. The molecule has 6 heteroatoms. The highest BCUT2D eigenvalue weighted by atomic mass is 16.1. The van der Waals surface area contributed by atoms with Gasteiger partial charge < -0.3 is 9.88 Å². The first kappa shape index (κ1) is 24.1. The highest BCUT2D eigenvalue weighted by Crippen LogP contribution is 2.14. The summed E-state index contributed by atoms with van der Waals surface area (Å²) in [6.07, 6.45) is 12.4. The molecule has 1 aliphatic heterocycles. The number of H-pyrrole nitrogens is 1. The molecule has 2 aromatic rings. The molecule has 1 aromatic heterocycles. The van der Waals surface area contributed by atoms with Crippen LogP contribution < -0.4 is 0 Å². The van der Waals surface area contributed by atoms with Crippen LogP contribution in [0, 0.1) is 0 Å². The predicted octanol–water partition coefficient (Wildman–Crippen LogP) is 4.86. The molecule has 1 aromatic carbocycles. The van der Waals surface area contributed by atoms with Crippen molar-refractivity contribution in [1.82, 2.24) is 19.8 Å². The Morgan fingerprint density at radius 3 is 2.41 bits per heavy atom. The van der Waals surface area contributed by atoms with Crippen molar-refractivity contribution in [1.29, 1.82) is 0 Å². The van der Waals surface area contributed by atoms with Crippen LogP contribution in [0.25, 0.3) is 0 Å². The fourth-order valence-corrected chi connectivity index (χ4v) is 4.16. The zero-order chi connectivity index (χ0) is 22.6. The molecule has 0 atom stereocenters. The van der Waals surface area contributed by atoms with Gasteiger partial charge in [0.25, 0.3) is 0 Å². The van der Waals surface area contributed by atoms with Gasteiger partial charge >= 0.3 is 0 Å². The maximum atomic E-state index is 12.7. The summed E-state index contributed by atoms with van der Waals surface area (Å²) in [4.78, 5) is 29.5. The van der Waals surface area contributed by atoms with Crippen molar-refractivity contribution in [2.75, 3.05) is 26.2 Å². The molecular formula is C26H37N5O. The Hall–Kier alpha value is -2.57. The number of ketones is 1. The van der Waals surface area contributed by atoms with Gasteiger partial charge in [-0.15, -0.1) is 0 Å². The summed E-state index contributed by atoms with van der Waals surface area (Å²) in [5.74, 6) is 1.19. The number of Topliss-reactive ketones (excluding diaryl/α,β-unsaturated/α-hetero) is 1. The Balaban J connectivity index is 1.52. The highest BCUT2D eigenvalue weighted by molar-refractivity contribution is 5.96. The summed E-state index contributed by atoms with van der Waals surface area (Å²) >= 11 is 0. The lowest BCUT2D eigenvalue weighted by Gasteiger charge is -2.21. The minimum atomic E-state index is 0.239. The standard InChI is InChI=1S/C26H37N5O/c1-3-16-30(17-4-2)18-6-8-25(32)23-11-9-22(10-12-23)19-31(20-24-7-5-13-27-24)21-26-28-14-15-29-26/h5,9-15H,3-4,6-8,16-21H2,1-2H3,(H,28,29). The number of aromatic amines is 1. The second-order valence-corrected chi connectivity index (χ2v) is 8.53. The number of carbonyl (C=O) groups excluding carboxylic acids is 1. The van der Waals surface area contributed by atoms with E-state index in [0.717, 1.165) is 76.3 Å². The molecule has 172 valence electrons. The van der Waals surface area contributed by atoms with Crippen molar-refractivity contribution in [2.24, 2.45) is 4.99 Å². The zero-order valence-electron chi connectivity index (χ0n) is 19.6. The van der Waals surface area contributed by atoms with Crippen LogP contribution in [0.1, 0.15) is 67.7 Å². The topological polar surface area (TPSA) is 64.6 Å². The van der Waals surface area contributed by atoms with Gasteiger partial charge in [-0.1, -0.05) is 44.2 Å². The van der Waals surface area contributed by atoms with Gasteiger partial charge in [-0.2, -0.15) is 0 Å². The molecule has 0 radical (unpaired) electrons. The van der Waals surface area contributed by atoms with Crippen LogP contribution >= 0.6 is 0 Å². The number of allylic oxidation sites excluding steroid dienone is 1. The molecule has 0 bridgehead atoms.